The van der Waals surface area contributed by atoms with Crippen molar-refractivity contribution in [1.29, 1.82) is 0 Å². The zero-order valence-electron chi connectivity index (χ0n) is 18.2. The maximum atomic E-state index is 13.2. The van der Waals surface area contributed by atoms with Gasteiger partial charge in [0.25, 0.3) is 5.91 Å². The van der Waals surface area contributed by atoms with Gasteiger partial charge in [-0.2, -0.15) is 0 Å². The molecule has 32 heavy (non-hydrogen) atoms. The van der Waals surface area contributed by atoms with Gasteiger partial charge in [0, 0.05) is 18.0 Å². The summed E-state index contributed by atoms with van der Waals surface area (Å²) in [5.74, 6) is -1.87. The van der Waals surface area contributed by atoms with Crippen molar-refractivity contribution in [2.45, 2.75) is 19.8 Å². The van der Waals surface area contributed by atoms with Gasteiger partial charge in [0.1, 0.15) is 5.75 Å². The summed E-state index contributed by atoms with van der Waals surface area (Å²) in [4.78, 5) is 40.2. The zero-order chi connectivity index (χ0) is 23.1. The number of nitrogens with zero attached hydrogens (tertiary/aromatic N) is 1. The van der Waals surface area contributed by atoms with Crippen LogP contribution in [0.3, 0.4) is 0 Å². The van der Waals surface area contributed by atoms with Crippen LogP contribution in [-0.2, 0) is 19.1 Å². The summed E-state index contributed by atoms with van der Waals surface area (Å²) in [6, 6.07) is 15.7. The van der Waals surface area contributed by atoms with Crippen LogP contribution in [0.5, 0.6) is 5.75 Å². The molecule has 7 nitrogen and oxygen atoms in total. The lowest BCUT2D eigenvalue weighted by Gasteiger charge is -2.29. The second-order valence-electron chi connectivity index (χ2n) is 6.90. The normalized spacial score (nSPS) is 13.7. The minimum Gasteiger partial charge on any atom is -0.497 e. The number of esters is 2. The van der Waals surface area contributed by atoms with Crippen molar-refractivity contribution < 1.29 is 28.6 Å². The minimum absolute atomic E-state index is 0.153. The molecule has 2 aromatic carbocycles. The Morgan fingerprint density at radius 1 is 0.844 bits per heavy atom. The number of amides is 1. The van der Waals surface area contributed by atoms with Crippen LogP contribution < -0.4 is 4.74 Å². The molecule has 1 aliphatic rings. The first kappa shape index (κ1) is 22.8. The molecular formula is C25H25NO6. The predicted octanol–water partition coefficient (Wildman–Crippen LogP) is 3.83. The van der Waals surface area contributed by atoms with Gasteiger partial charge in [-0.25, -0.2) is 9.59 Å². The summed E-state index contributed by atoms with van der Waals surface area (Å²) in [5.41, 5.74) is 1.38. The molecule has 7 heteroatoms. The van der Waals surface area contributed by atoms with Crippen molar-refractivity contribution in [3.8, 4) is 5.75 Å². The average molecular weight is 435 g/mol. The summed E-state index contributed by atoms with van der Waals surface area (Å²) < 4.78 is 15.7. The van der Waals surface area contributed by atoms with Gasteiger partial charge in [-0.1, -0.05) is 36.4 Å². The van der Waals surface area contributed by atoms with Crippen LogP contribution in [0.4, 0.5) is 0 Å². The molecule has 1 amide bonds. The molecular weight excluding hydrogens is 410 g/mol. The van der Waals surface area contributed by atoms with Gasteiger partial charge in [-0.05, 0) is 37.6 Å². The molecule has 0 unspecified atom stereocenters. The lowest BCUT2D eigenvalue weighted by Crippen LogP contribution is -2.32. The standard InChI is InChI=1S/C25H25NO6/c1-4-31-24(28)20-15-26(23(27)18-12-9-13-19(14-18)30-3)16-21(25(29)32-5-2)22(20)17-10-7-6-8-11-17/h6-16,22H,4-5H2,1-3H3. The topological polar surface area (TPSA) is 82.1 Å². The van der Waals surface area contributed by atoms with E-state index in [0.717, 1.165) is 0 Å². The maximum absolute atomic E-state index is 13.2. The van der Waals surface area contributed by atoms with Crippen molar-refractivity contribution in [2.75, 3.05) is 20.3 Å². The number of benzene rings is 2. The quantitative estimate of drug-likeness (QED) is 0.615. The van der Waals surface area contributed by atoms with Crippen LogP contribution in [0.2, 0.25) is 0 Å². The molecule has 0 radical (unpaired) electrons. The Morgan fingerprint density at radius 3 is 1.97 bits per heavy atom. The monoisotopic (exact) mass is 435 g/mol. The Bertz CT molecular complexity index is 1020. The molecule has 0 aliphatic carbocycles. The van der Waals surface area contributed by atoms with Crippen molar-refractivity contribution >= 4 is 17.8 Å². The number of ether oxygens (including phenoxy) is 3. The molecule has 0 atom stereocenters. The molecule has 0 spiro atoms. The highest BCUT2D eigenvalue weighted by Gasteiger charge is 2.36. The number of methoxy groups -OCH3 is 1. The van der Waals surface area contributed by atoms with Crippen molar-refractivity contribution in [3.05, 3.63) is 89.3 Å². The summed E-state index contributed by atoms with van der Waals surface area (Å²) >= 11 is 0. The third-order valence-corrected chi connectivity index (χ3v) is 4.88. The van der Waals surface area contributed by atoms with Gasteiger partial charge in [-0.15, -0.1) is 0 Å². The minimum atomic E-state index is -0.733. The van der Waals surface area contributed by atoms with E-state index in [2.05, 4.69) is 0 Å². The maximum Gasteiger partial charge on any atom is 0.336 e. The highest BCUT2D eigenvalue weighted by Crippen LogP contribution is 2.37. The third kappa shape index (κ3) is 4.88. The first-order chi connectivity index (χ1) is 15.5. The Kier molecular flexibility index (Phi) is 7.44. The van der Waals surface area contributed by atoms with E-state index in [1.54, 1.807) is 38.1 Å². The van der Waals surface area contributed by atoms with Crippen LogP contribution in [-0.4, -0.2) is 43.1 Å². The smallest absolute Gasteiger partial charge is 0.336 e. The summed E-state index contributed by atoms with van der Waals surface area (Å²) in [6.07, 6.45) is 2.83. The van der Waals surface area contributed by atoms with Crippen LogP contribution in [0.1, 0.15) is 35.7 Å². The number of hydrogen-bond donors (Lipinski definition) is 0. The fourth-order valence-corrected chi connectivity index (χ4v) is 3.45. The van der Waals surface area contributed by atoms with E-state index in [9.17, 15) is 14.4 Å². The van der Waals surface area contributed by atoms with E-state index in [1.807, 2.05) is 30.3 Å². The summed E-state index contributed by atoms with van der Waals surface area (Å²) in [7, 11) is 1.51. The lowest BCUT2D eigenvalue weighted by atomic mass is 9.83. The molecule has 1 aliphatic heterocycles. The SMILES string of the molecule is CCOC(=O)C1=CN(C(=O)c2cccc(OC)c2)C=C(C(=O)OCC)C1c1ccccc1. The molecule has 2 aromatic rings. The van der Waals surface area contributed by atoms with Crippen LogP contribution in [0.15, 0.2) is 78.1 Å². The van der Waals surface area contributed by atoms with E-state index in [0.29, 0.717) is 16.9 Å². The third-order valence-electron chi connectivity index (χ3n) is 4.88. The molecule has 0 aromatic heterocycles. The molecule has 0 bridgehead atoms. The molecule has 0 fully saturated rings. The molecule has 0 N–H and O–H groups in total. The number of hydrogen-bond acceptors (Lipinski definition) is 6. The van der Waals surface area contributed by atoms with Gasteiger partial charge >= 0.3 is 11.9 Å². The number of rotatable bonds is 7. The first-order valence-corrected chi connectivity index (χ1v) is 10.3. The molecule has 0 saturated carbocycles. The predicted molar refractivity (Wildman–Crippen MR) is 118 cm³/mol. The molecule has 1 heterocycles. The second kappa shape index (κ2) is 10.4. The van der Waals surface area contributed by atoms with Gasteiger partial charge in [0.05, 0.1) is 37.4 Å². The highest BCUT2D eigenvalue weighted by atomic mass is 16.5. The van der Waals surface area contributed by atoms with E-state index in [4.69, 9.17) is 14.2 Å². The molecule has 3 rings (SSSR count). The number of carbonyl (C=O) groups is 3. The lowest BCUT2D eigenvalue weighted by molar-refractivity contribution is -0.139. The number of carbonyl (C=O) groups excluding carboxylic acids is 3. The Hall–Kier alpha value is -3.87. The van der Waals surface area contributed by atoms with Crippen LogP contribution in [0, 0.1) is 0 Å². The van der Waals surface area contributed by atoms with E-state index in [1.165, 1.54) is 24.4 Å². The summed E-state index contributed by atoms with van der Waals surface area (Å²) in [6.45, 7) is 3.69. The second-order valence-corrected chi connectivity index (χ2v) is 6.90. The van der Waals surface area contributed by atoms with Gasteiger partial charge in [0.2, 0.25) is 0 Å². The Labute approximate surface area is 186 Å². The largest absolute Gasteiger partial charge is 0.497 e. The van der Waals surface area contributed by atoms with Crippen molar-refractivity contribution in [2.24, 2.45) is 0 Å². The Balaban J connectivity index is 2.13. The molecule has 0 saturated heterocycles. The van der Waals surface area contributed by atoms with Crippen molar-refractivity contribution in [3.63, 3.8) is 0 Å². The highest BCUT2D eigenvalue weighted by molar-refractivity contribution is 6.02. The first-order valence-electron chi connectivity index (χ1n) is 10.3. The van der Waals surface area contributed by atoms with Crippen molar-refractivity contribution in [1.82, 2.24) is 4.90 Å². The fraction of sp³-hybridized carbons (Fsp3) is 0.240. The van der Waals surface area contributed by atoms with E-state index < -0.39 is 23.8 Å². The van der Waals surface area contributed by atoms with Gasteiger partial charge in [-0.3, -0.25) is 9.69 Å². The average Bonchev–Trinajstić information content (AvgIpc) is 2.83. The van der Waals surface area contributed by atoms with E-state index in [-0.39, 0.29) is 24.4 Å². The Morgan fingerprint density at radius 2 is 1.44 bits per heavy atom. The van der Waals surface area contributed by atoms with Gasteiger partial charge < -0.3 is 14.2 Å². The summed E-state index contributed by atoms with van der Waals surface area (Å²) in [5, 5.41) is 0. The zero-order valence-corrected chi connectivity index (χ0v) is 18.2. The van der Waals surface area contributed by atoms with E-state index >= 15 is 0 Å². The van der Waals surface area contributed by atoms with Crippen LogP contribution >= 0.6 is 0 Å². The van der Waals surface area contributed by atoms with Crippen LogP contribution in [0.25, 0.3) is 0 Å². The molecule has 166 valence electrons. The fourth-order valence-electron chi connectivity index (χ4n) is 3.45. The van der Waals surface area contributed by atoms with Gasteiger partial charge in [0.15, 0.2) is 0 Å².